The zero-order valence-electron chi connectivity index (χ0n) is 13.9. The molecule has 0 saturated carbocycles. The third kappa shape index (κ3) is 4.06. The molecule has 0 bridgehead atoms. The fraction of sp³-hybridized carbons (Fsp3) is 0.278. The van der Waals surface area contributed by atoms with Crippen molar-refractivity contribution in [3.05, 3.63) is 48.5 Å². The average molecular weight is 340 g/mol. The number of aromatic nitrogens is 1. The van der Waals surface area contributed by atoms with E-state index in [0.29, 0.717) is 37.0 Å². The summed E-state index contributed by atoms with van der Waals surface area (Å²) in [6.07, 6.45) is 0.559. The van der Waals surface area contributed by atoms with Crippen LogP contribution in [0.25, 0.3) is 0 Å². The van der Waals surface area contributed by atoms with E-state index in [0.717, 1.165) is 0 Å². The van der Waals surface area contributed by atoms with Gasteiger partial charge in [-0.3, -0.25) is 10.1 Å². The summed E-state index contributed by atoms with van der Waals surface area (Å²) in [5.41, 5.74) is 0. The summed E-state index contributed by atoms with van der Waals surface area (Å²) in [5.74, 6) is 1.29. The molecule has 25 heavy (non-hydrogen) atoms. The van der Waals surface area contributed by atoms with Gasteiger partial charge in [-0.15, -0.1) is 0 Å². The number of benzene rings is 1. The van der Waals surface area contributed by atoms with Gasteiger partial charge >= 0.3 is 6.03 Å². The second-order valence-corrected chi connectivity index (χ2v) is 5.61. The maximum absolute atomic E-state index is 12.5. The molecule has 0 aliphatic carbocycles. The van der Waals surface area contributed by atoms with Crippen LogP contribution in [0.3, 0.4) is 0 Å². The number of pyridine rings is 1. The molecule has 1 saturated heterocycles. The maximum atomic E-state index is 12.5. The Labute approximate surface area is 146 Å². The van der Waals surface area contributed by atoms with E-state index in [1.54, 1.807) is 18.2 Å². The zero-order chi connectivity index (χ0) is 17.6. The Kier molecular flexibility index (Phi) is 5.13. The molecule has 2 aromatic rings. The summed E-state index contributed by atoms with van der Waals surface area (Å²) in [6, 6.07) is 13.6. The molecule has 2 N–H and O–H groups in total. The molecule has 1 aliphatic heterocycles. The first-order valence-corrected chi connectivity index (χ1v) is 8.22. The van der Waals surface area contributed by atoms with Gasteiger partial charge in [-0.1, -0.05) is 31.2 Å². The van der Waals surface area contributed by atoms with Crippen LogP contribution in [0.5, 0.6) is 11.6 Å². The summed E-state index contributed by atoms with van der Waals surface area (Å²) < 4.78 is 5.67. The van der Waals surface area contributed by atoms with Crippen LogP contribution in [-0.4, -0.2) is 41.0 Å². The quantitative estimate of drug-likeness (QED) is 0.896. The molecule has 3 rings (SSSR count). The van der Waals surface area contributed by atoms with Crippen molar-refractivity contribution in [1.82, 2.24) is 15.2 Å². The first-order chi connectivity index (χ1) is 12.2. The van der Waals surface area contributed by atoms with Gasteiger partial charge in [-0.05, 0) is 24.6 Å². The van der Waals surface area contributed by atoms with Crippen LogP contribution in [0.4, 0.5) is 10.6 Å². The maximum Gasteiger partial charge on any atom is 0.323 e. The standard InChI is InChI=1S/C18H20N4O3/c1-2-14-17(23)19-11-12-22(14)18(24)21-15-9-6-10-16(20-15)25-13-7-4-3-5-8-13/h3-10,14H,2,11-12H2,1H3,(H,19,23)(H,20,21,24). The van der Waals surface area contributed by atoms with Crippen molar-refractivity contribution in [3.63, 3.8) is 0 Å². The number of urea groups is 1. The van der Waals surface area contributed by atoms with Crippen molar-refractivity contribution in [2.75, 3.05) is 18.4 Å². The monoisotopic (exact) mass is 340 g/mol. The lowest BCUT2D eigenvalue weighted by atomic mass is 10.1. The SMILES string of the molecule is CCC1C(=O)NCCN1C(=O)Nc1cccc(Oc2ccccc2)n1. The molecule has 1 aromatic heterocycles. The number of hydrogen-bond acceptors (Lipinski definition) is 4. The number of carbonyl (C=O) groups excluding carboxylic acids is 2. The van der Waals surface area contributed by atoms with Crippen molar-refractivity contribution >= 4 is 17.8 Å². The largest absolute Gasteiger partial charge is 0.439 e. The van der Waals surface area contributed by atoms with E-state index in [9.17, 15) is 9.59 Å². The van der Waals surface area contributed by atoms with Gasteiger partial charge in [0.25, 0.3) is 0 Å². The number of piperazine rings is 1. The Balaban J connectivity index is 1.69. The highest BCUT2D eigenvalue weighted by atomic mass is 16.5. The highest BCUT2D eigenvalue weighted by Gasteiger charge is 2.31. The van der Waals surface area contributed by atoms with Crippen LogP contribution < -0.4 is 15.4 Å². The number of anilines is 1. The summed E-state index contributed by atoms with van der Waals surface area (Å²) in [7, 11) is 0. The summed E-state index contributed by atoms with van der Waals surface area (Å²) in [4.78, 5) is 30.2. The Morgan fingerprint density at radius 2 is 2.08 bits per heavy atom. The average Bonchev–Trinajstić information content (AvgIpc) is 2.62. The number of nitrogens with zero attached hydrogens (tertiary/aromatic N) is 2. The number of para-hydroxylation sites is 1. The molecule has 2 heterocycles. The Morgan fingerprint density at radius 3 is 2.84 bits per heavy atom. The van der Waals surface area contributed by atoms with Gasteiger partial charge in [0.05, 0.1) is 0 Å². The van der Waals surface area contributed by atoms with Crippen LogP contribution in [-0.2, 0) is 4.79 Å². The van der Waals surface area contributed by atoms with Crippen molar-refractivity contribution in [3.8, 4) is 11.6 Å². The van der Waals surface area contributed by atoms with Gasteiger partial charge in [0.15, 0.2) is 0 Å². The lowest BCUT2D eigenvalue weighted by Crippen LogP contribution is -2.57. The number of rotatable bonds is 4. The predicted octanol–water partition coefficient (Wildman–Crippen LogP) is 2.62. The molecule has 1 atom stereocenters. The minimum absolute atomic E-state index is 0.127. The first-order valence-electron chi connectivity index (χ1n) is 8.22. The van der Waals surface area contributed by atoms with Gasteiger partial charge in [-0.2, -0.15) is 4.98 Å². The van der Waals surface area contributed by atoms with E-state index < -0.39 is 6.04 Å². The number of carbonyl (C=O) groups is 2. The predicted molar refractivity (Wildman–Crippen MR) is 93.6 cm³/mol. The number of amides is 3. The van der Waals surface area contributed by atoms with Crippen molar-refractivity contribution < 1.29 is 14.3 Å². The van der Waals surface area contributed by atoms with Gasteiger partial charge in [0.2, 0.25) is 11.8 Å². The van der Waals surface area contributed by atoms with E-state index in [1.165, 1.54) is 4.90 Å². The molecule has 1 unspecified atom stereocenters. The zero-order valence-corrected chi connectivity index (χ0v) is 13.9. The number of nitrogens with one attached hydrogen (secondary N) is 2. The lowest BCUT2D eigenvalue weighted by Gasteiger charge is -2.34. The fourth-order valence-electron chi connectivity index (χ4n) is 2.70. The second-order valence-electron chi connectivity index (χ2n) is 5.61. The summed E-state index contributed by atoms with van der Waals surface area (Å²) >= 11 is 0. The molecule has 3 amide bonds. The van der Waals surface area contributed by atoms with E-state index in [2.05, 4.69) is 15.6 Å². The lowest BCUT2D eigenvalue weighted by molar-refractivity contribution is -0.127. The van der Waals surface area contributed by atoms with Crippen molar-refractivity contribution in [2.24, 2.45) is 0 Å². The smallest absolute Gasteiger partial charge is 0.323 e. The minimum Gasteiger partial charge on any atom is -0.439 e. The van der Waals surface area contributed by atoms with Crippen LogP contribution >= 0.6 is 0 Å². The van der Waals surface area contributed by atoms with E-state index in [-0.39, 0.29) is 11.9 Å². The van der Waals surface area contributed by atoms with Gasteiger partial charge in [-0.25, -0.2) is 4.79 Å². The molecule has 1 aromatic carbocycles. The van der Waals surface area contributed by atoms with E-state index in [1.807, 2.05) is 37.3 Å². The van der Waals surface area contributed by atoms with Crippen LogP contribution in [0.15, 0.2) is 48.5 Å². The highest BCUT2D eigenvalue weighted by Crippen LogP contribution is 2.20. The normalized spacial score (nSPS) is 16.9. The van der Waals surface area contributed by atoms with Crippen LogP contribution in [0.1, 0.15) is 13.3 Å². The first kappa shape index (κ1) is 16.8. The molecular weight excluding hydrogens is 320 g/mol. The number of ether oxygens (including phenoxy) is 1. The third-order valence-corrected chi connectivity index (χ3v) is 3.90. The second kappa shape index (κ2) is 7.65. The minimum atomic E-state index is -0.461. The van der Waals surface area contributed by atoms with E-state index >= 15 is 0 Å². The topological polar surface area (TPSA) is 83.6 Å². The molecule has 1 fully saturated rings. The Hall–Kier alpha value is -3.09. The Morgan fingerprint density at radius 1 is 1.28 bits per heavy atom. The summed E-state index contributed by atoms with van der Waals surface area (Å²) in [6.45, 7) is 2.80. The molecule has 0 radical (unpaired) electrons. The molecule has 0 spiro atoms. The van der Waals surface area contributed by atoms with Crippen molar-refractivity contribution in [1.29, 1.82) is 0 Å². The molecule has 7 nitrogen and oxygen atoms in total. The Bertz CT molecular complexity index is 751. The van der Waals surface area contributed by atoms with Gasteiger partial charge in [0, 0.05) is 19.2 Å². The summed E-state index contributed by atoms with van der Waals surface area (Å²) in [5, 5.41) is 5.51. The molecule has 1 aliphatic rings. The van der Waals surface area contributed by atoms with Crippen molar-refractivity contribution in [2.45, 2.75) is 19.4 Å². The fourth-order valence-corrected chi connectivity index (χ4v) is 2.70. The van der Waals surface area contributed by atoms with Crippen LogP contribution in [0.2, 0.25) is 0 Å². The third-order valence-electron chi connectivity index (χ3n) is 3.90. The van der Waals surface area contributed by atoms with Gasteiger partial charge < -0.3 is 15.0 Å². The molecule has 130 valence electrons. The highest BCUT2D eigenvalue weighted by molar-refractivity contribution is 5.94. The van der Waals surface area contributed by atoms with Gasteiger partial charge in [0.1, 0.15) is 17.6 Å². The van der Waals surface area contributed by atoms with Crippen LogP contribution in [0, 0.1) is 0 Å². The molecular formula is C18H20N4O3. The molecule has 7 heteroatoms. The number of hydrogen-bond donors (Lipinski definition) is 2. The van der Waals surface area contributed by atoms with E-state index in [4.69, 9.17) is 4.74 Å².